The summed E-state index contributed by atoms with van der Waals surface area (Å²) in [6.07, 6.45) is 1.80. The summed E-state index contributed by atoms with van der Waals surface area (Å²) in [5, 5.41) is 0. The Morgan fingerprint density at radius 2 is 2.44 bits per heavy atom. The molecule has 0 aliphatic heterocycles. The summed E-state index contributed by atoms with van der Waals surface area (Å²) in [6.45, 7) is 0. The van der Waals surface area contributed by atoms with E-state index in [1.807, 2.05) is 12.1 Å². The molecule has 1 aromatic rings. The van der Waals surface area contributed by atoms with Crippen molar-refractivity contribution in [3.63, 3.8) is 0 Å². The molecule has 0 bridgehead atoms. The van der Waals surface area contributed by atoms with Crippen LogP contribution in [0.15, 0.2) is 22.9 Å². The van der Waals surface area contributed by atoms with E-state index in [0.717, 1.165) is 9.03 Å². The van der Waals surface area contributed by atoms with E-state index in [2.05, 4.69) is 43.5 Å². The van der Waals surface area contributed by atoms with Gasteiger partial charge in [0, 0.05) is 10.6 Å². The Hall–Kier alpha value is 0.360. The van der Waals surface area contributed by atoms with Crippen molar-refractivity contribution in [2.45, 2.75) is 4.43 Å². The minimum absolute atomic E-state index is 0.914. The van der Waals surface area contributed by atoms with Gasteiger partial charge in [0.05, 0.1) is 0 Å². The molecule has 48 valence electrons. The van der Waals surface area contributed by atoms with Crippen LogP contribution >= 0.6 is 38.5 Å². The fourth-order valence-corrected chi connectivity index (χ4v) is 1.41. The van der Waals surface area contributed by atoms with Gasteiger partial charge in [0.1, 0.15) is 4.60 Å². The van der Waals surface area contributed by atoms with Gasteiger partial charge in [-0.25, -0.2) is 4.98 Å². The van der Waals surface area contributed by atoms with Gasteiger partial charge >= 0.3 is 0 Å². The first-order valence-corrected chi connectivity index (χ1v) is 4.81. The molecule has 0 aliphatic carbocycles. The Balaban J connectivity index is 2.94. The predicted molar refractivity (Wildman–Crippen MR) is 49.7 cm³/mol. The fraction of sp³-hybridized carbons (Fsp3) is 0.167. The molecule has 0 N–H and O–H groups in total. The second-order valence-electron chi connectivity index (χ2n) is 1.62. The molecule has 1 aromatic heterocycles. The molecule has 0 atom stereocenters. The number of hydrogen-bond donors (Lipinski definition) is 0. The smallest absolute Gasteiger partial charge is 0.106 e. The largest absolute Gasteiger partial charge is 0.249 e. The van der Waals surface area contributed by atoms with Crippen LogP contribution < -0.4 is 0 Å². The van der Waals surface area contributed by atoms with Crippen molar-refractivity contribution >= 4 is 38.5 Å². The third-order valence-electron chi connectivity index (χ3n) is 0.945. The Morgan fingerprint density at radius 1 is 1.67 bits per heavy atom. The Kier molecular flexibility index (Phi) is 2.91. The lowest BCUT2D eigenvalue weighted by Gasteiger charge is -1.92. The van der Waals surface area contributed by atoms with E-state index in [1.54, 1.807) is 6.20 Å². The van der Waals surface area contributed by atoms with E-state index >= 15 is 0 Å². The zero-order valence-corrected chi connectivity index (χ0v) is 8.39. The number of aromatic nitrogens is 1. The first-order chi connectivity index (χ1) is 4.33. The van der Waals surface area contributed by atoms with Crippen LogP contribution in [-0.4, -0.2) is 4.98 Å². The van der Waals surface area contributed by atoms with Crippen molar-refractivity contribution < 1.29 is 0 Å². The van der Waals surface area contributed by atoms with Gasteiger partial charge in [-0.15, -0.1) is 0 Å². The molecule has 9 heavy (non-hydrogen) atoms. The van der Waals surface area contributed by atoms with Crippen LogP contribution in [-0.2, 0) is 4.43 Å². The molecule has 0 amide bonds. The fourth-order valence-electron chi connectivity index (χ4n) is 0.526. The van der Waals surface area contributed by atoms with Gasteiger partial charge in [-0.2, -0.15) is 0 Å². The van der Waals surface area contributed by atoms with Crippen molar-refractivity contribution in [3.8, 4) is 0 Å². The molecule has 0 radical (unpaired) electrons. The van der Waals surface area contributed by atoms with E-state index in [1.165, 1.54) is 5.56 Å². The third-order valence-corrected chi connectivity index (χ3v) is 2.26. The number of halogens is 2. The number of nitrogens with zero attached hydrogens (tertiary/aromatic N) is 1. The Labute approximate surface area is 76.1 Å². The van der Waals surface area contributed by atoms with E-state index in [0.29, 0.717) is 0 Å². The monoisotopic (exact) mass is 297 g/mol. The zero-order valence-electron chi connectivity index (χ0n) is 4.64. The minimum Gasteiger partial charge on any atom is -0.249 e. The van der Waals surface area contributed by atoms with Gasteiger partial charge in [0.2, 0.25) is 0 Å². The highest BCUT2D eigenvalue weighted by Crippen LogP contribution is 2.10. The third kappa shape index (κ3) is 2.21. The van der Waals surface area contributed by atoms with Crippen LogP contribution in [0.25, 0.3) is 0 Å². The maximum Gasteiger partial charge on any atom is 0.106 e. The molecule has 0 fully saturated rings. The first-order valence-electron chi connectivity index (χ1n) is 2.49. The molecule has 0 unspecified atom stereocenters. The van der Waals surface area contributed by atoms with Crippen molar-refractivity contribution in [3.05, 3.63) is 28.5 Å². The Bertz CT molecular complexity index is 202. The van der Waals surface area contributed by atoms with Crippen LogP contribution in [0.2, 0.25) is 0 Å². The van der Waals surface area contributed by atoms with E-state index in [4.69, 9.17) is 0 Å². The lowest BCUT2D eigenvalue weighted by Crippen LogP contribution is -1.78. The molecule has 0 saturated heterocycles. The summed E-state index contributed by atoms with van der Waals surface area (Å²) >= 11 is 5.61. The molecule has 0 aliphatic rings. The molecular formula is C6H5BrIN. The summed E-state index contributed by atoms with van der Waals surface area (Å²) in [6, 6.07) is 4.03. The molecule has 1 nitrogen and oxygen atoms in total. The van der Waals surface area contributed by atoms with Gasteiger partial charge in [-0.3, -0.25) is 0 Å². The standard InChI is InChI=1S/C6H5BrIN/c7-6-3-5(4-8)1-2-9-6/h1-3H,4H2. The van der Waals surface area contributed by atoms with Gasteiger partial charge < -0.3 is 0 Å². The SMILES string of the molecule is Brc1cc(CI)ccn1. The van der Waals surface area contributed by atoms with E-state index in [9.17, 15) is 0 Å². The second kappa shape index (κ2) is 3.51. The maximum absolute atomic E-state index is 4.00. The summed E-state index contributed by atoms with van der Waals surface area (Å²) in [7, 11) is 0. The summed E-state index contributed by atoms with van der Waals surface area (Å²) in [5.74, 6) is 0. The quantitative estimate of drug-likeness (QED) is 0.441. The van der Waals surface area contributed by atoms with Crippen molar-refractivity contribution in [2.75, 3.05) is 0 Å². The molecule has 0 aromatic carbocycles. The van der Waals surface area contributed by atoms with E-state index < -0.39 is 0 Å². The first kappa shape index (κ1) is 7.47. The highest BCUT2D eigenvalue weighted by atomic mass is 127. The van der Waals surface area contributed by atoms with E-state index in [-0.39, 0.29) is 0 Å². The van der Waals surface area contributed by atoms with Gasteiger partial charge in [0.15, 0.2) is 0 Å². The number of hydrogen-bond acceptors (Lipinski definition) is 1. The zero-order chi connectivity index (χ0) is 6.69. The average Bonchev–Trinajstić information content (AvgIpc) is 1.88. The number of pyridine rings is 1. The summed E-state index contributed by atoms with van der Waals surface area (Å²) < 4.78 is 1.95. The molecule has 3 heteroatoms. The van der Waals surface area contributed by atoms with Crippen LogP contribution in [0.1, 0.15) is 5.56 Å². The van der Waals surface area contributed by atoms with Crippen LogP contribution in [0.4, 0.5) is 0 Å². The number of rotatable bonds is 1. The maximum atomic E-state index is 4.00. The Morgan fingerprint density at radius 3 is 2.89 bits per heavy atom. The second-order valence-corrected chi connectivity index (χ2v) is 3.20. The molecule has 1 heterocycles. The summed E-state index contributed by atoms with van der Waals surface area (Å²) in [4.78, 5) is 4.00. The van der Waals surface area contributed by atoms with Crippen molar-refractivity contribution in [1.82, 2.24) is 4.98 Å². The minimum atomic E-state index is 0.914. The molecule has 1 rings (SSSR count). The van der Waals surface area contributed by atoms with Crippen LogP contribution in [0, 0.1) is 0 Å². The molecular weight excluding hydrogens is 293 g/mol. The lowest BCUT2D eigenvalue weighted by molar-refractivity contribution is 1.24. The van der Waals surface area contributed by atoms with Gasteiger partial charge in [-0.05, 0) is 33.6 Å². The lowest BCUT2D eigenvalue weighted by atomic mass is 10.3. The van der Waals surface area contributed by atoms with Crippen LogP contribution in [0.3, 0.4) is 0 Å². The van der Waals surface area contributed by atoms with Gasteiger partial charge in [-0.1, -0.05) is 22.6 Å². The van der Waals surface area contributed by atoms with Crippen LogP contribution in [0.5, 0.6) is 0 Å². The number of alkyl halides is 1. The summed E-state index contributed by atoms with van der Waals surface area (Å²) in [5.41, 5.74) is 1.30. The highest BCUT2D eigenvalue weighted by Gasteiger charge is 1.89. The van der Waals surface area contributed by atoms with Crippen molar-refractivity contribution in [1.29, 1.82) is 0 Å². The highest BCUT2D eigenvalue weighted by molar-refractivity contribution is 14.1. The molecule has 0 spiro atoms. The predicted octanol–water partition coefficient (Wildman–Crippen LogP) is 2.78. The molecule has 0 saturated carbocycles. The normalized spacial score (nSPS) is 9.56. The average molecular weight is 298 g/mol. The van der Waals surface area contributed by atoms with Crippen molar-refractivity contribution in [2.24, 2.45) is 0 Å². The topological polar surface area (TPSA) is 12.9 Å². The van der Waals surface area contributed by atoms with Gasteiger partial charge in [0.25, 0.3) is 0 Å².